The molecule has 0 heterocycles. The molecule has 2 aromatic rings. The van der Waals surface area contributed by atoms with Crippen molar-refractivity contribution in [2.75, 3.05) is 5.73 Å². The molecule has 0 bridgehead atoms. The molecule has 0 atom stereocenters. The van der Waals surface area contributed by atoms with Crippen LogP contribution in [-0.2, 0) is 6.61 Å². The van der Waals surface area contributed by atoms with Crippen LogP contribution >= 0.6 is 27.5 Å². The Morgan fingerprint density at radius 1 is 1.21 bits per heavy atom. The van der Waals surface area contributed by atoms with E-state index in [1.807, 2.05) is 0 Å². The summed E-state index contributed by atoms with van der Waals surface area (Å²) in [7, 11) is 0. The number of benzene rings is 2. The number of nitrogens with two attached hydrogens (primary N) is 1. The van der Waals surface area contributed by atoms with Gasteiger partial charge in [0.1, 0.15) is 6.61 Å². The lowest BCUT2D eigenvalue weighted by Crippen LogP contribution is -2.01. The minimum Gasteiger partial charge on any atom is -0.486 e. The zero-order chi connectivity index (χ0) is 14.0. The van der Waals surface area contributed by atoms with Crippen molar-refractivity contribution in [3.8, 4) is 5.75 Å². The molecular weight excluding hydrogens is 326 g/mol. The van der Waals surface area contributed by atoms with Crippen molar-refractivity contribution in [2.45, 2.75) is 20.5 Å². The average molecular weight is 341 g/mol. The van der Waals surface area contributed by atoms with E-state index in [4.69, 9.17) is 22.1 Å². The van der Waals surface area contributed by atoms with Crippen LogP contribution in [-0.4, -0.2) is 0 Å². The standard InChI is InChI=1S/C15H15BrClNO/c1-9-3-4-10(2)11(5-9)8-19-15-13(16)6-12(17)7-14(15)18/h3-7H,8,18H2,1-2H3. The molecule has 0 aromatic heterocycles. The maximum atomic E-state index is 5.92. The summed E-state index contributed by atoms with van der Waals surface area (Å²) in [5.74, 6) is 0.630. The van der Waals surface area contributed by atoms with Crippen molar-refractivity contribution in [3.05, 3.63) is 56.5 Å². The van der Waals surface area contributed by atoms with Crippen molar-refractivity contribution in [1.82, 2.24) is 0 Å². The van der Waals surface area contributed by atoms with Gasteiger partial charge in [0.05, 0.1) is 10.2 Å². The zero-order valence-electron chi connectivity index (χ0n) is 10.8. The van der Waals surface area contributed by atoms with Gasteiger partial charge in [-0.25, -0.2) is 0 Å². The number of rotatable bonds is 3. The number of anilines is 1. The minimum absolute atomic E-state index is 0.484. The van der Waals surface area contributed by atoms with E-state index in [2.05, 4.69) is 48.0 Å². The second-order valence-corrected chi connectivity index (χ2v) is 5.82. The van der Waals surface area contributed by atoms with Gasteiger partial charge in [-0.05, 0) is 53.0 Å². The fourth-order valence-electron chi connectivity index (χ4n) is 1.84. The van der Waals surface area contributed by atoms with E-state index in [1.165, 1.54) is 11.1 Å². The molecule has 0 spiro atoms. The number of nitrogen functional groups attached to an aromatic ring is 1. The molecule has 0 radical (unpaired) electrons. The fraction of sp³-hybridized carbons (Fsp3) is 0.200. The molecule has 2 nitrogen and oxygen atoms in total. The summed E-state index contributed by atoms with van der Waals surface area (Å²) in [6.45, 7) is 4.62. The van der Waals surface area contributed by atoms with Crippen LogP contribution in [0.5, 0.6) is 5.75 Å². The summed E-state index contributed by atoms with van der Waals surface area (Å²) in [6, 6.07) is 9.76. The molecule has 0 unspecified atom stereocenters. The highest BCUT2D eigenvalue weighted by atomic mass is 79.9. The summed E-state index contributed by atoms with van der Waals surface area (Å²) in [5, 5.41) is 0.587. The first-order chi connectivity index (χ1) is 8.97. The second kappa shape index (κ2) is 5.85. The Hall–Kier alpha value is -1.19. The molecule has 0 aliphatic heterocycles. The molecule has 0 saturated heterocycles. The van der Waals surface area contributed by atoms with Crippen LogP contribution in [0.2, 0.25) is 5.02 Å². The van der Waals surface area contributed by atoms with Gasteiger partial charge in [0.2, 0.25) is 0 Å². The van der Waals surface area contributed by atoms with Crippen LogP contribution in [0.4, 0.5) is 5.69 Å². The SMILES string of the molecule is Cc1ccc(C)c(COc2c(N)cc(Cl)cc2Br)c1. The number of hydrogen-bond donors (Lipinski definition) is 1. The van der Waals surface area contributed by atoms with Gasteiger partial charge in [0.25, 0.3) is 0 Å². The van der Waals surface area contributed by atoms with Gasteiger partial charge in [-0.1, -0.05) is 35.4 Å². The Balaban J connectivity index is 2.21. The molecule has 0 fully saturated rings. The lowest BCUT2D eigenvalue weighted by atomic mass is 10.1. The van der Waals surface area contributed by atoms with E-state index in [1.54, 1.807) is 12.1 Å². The molecule has 0 aliphatic rings. The number of hydrogen-bond acceptors (Lipinski definition) is 2. The van der Waals surface area contributed by atoms with E-state index >= 15 is 0 Å². The van der Waals surface area contributed by atoms with Gasteiger partial charge >= 0.3 is 0 Å². The Morgan fingerprint density at radius 2 is 1.95 bits per heavy atom. The molecular formula is C15H15BrClNO. The Labute approximate surface area is 126 Å². The Morgan fingerprint density at radius 3 is 2.63 bits per heavy atom. The molecule has 0 amide bonds. The van der Waals surface area contributed by atoms with Crippen molar-refractivity contribution in [1.29, 1.82) is 0 Å². The largest absolute Gasteiger partial charge is 0.486 e. The zero-order valence-corrected chi connectivity index (χ0v) is 13.2. The van der Waals surface area contributed by atoms with E-state index in [9.17, 15) is 0 Å². The predicted octanol–water partition coefficient (Wildman–Crippen LogP) is 4.88. The van der Waals surface area contributed by atoms with Crippen LogP contribution in [0.1, 0.15) is 16.7 Å². The molecule has 2 aromatic carbocycles. The van der Waals surface area contributed by atoms with E-state index in [0.717, 1.165) is 10.0 Å². The number of halogens is 2. The molecule has 0 aliphatic carbocycles. The maximum Gasteiger partial charge on any atom is 0.156 e. The second-order valence-electron chi connectivity index (χ2n) is 4.52. The Bertz CT molecular complexity index is 590. The molecule has 2 rings (SSSR count). The summed E-state index contributed by atoms with van der Waals surface area (Å²) in [5.41, 5.74) is 10.0. The first-order valence-electron chi connectivity index (χ1n) is 5.91. The van der Waals surface area contributed by atoms with Gasteiger partial charge in [-0.15, -0.1) is 0 Å². The van der Waals surface area contributed by atoms with E-state index in [0.29, 0.717) is 23.1 Å². The normalized spacial score (nSPS) is 10.5. The van der Waals surface area contributed by atoms with Crippen molar-refractivity contribution < 1.29 is 4.74 Å². The summed E-state index contributed by atoms with van der Waals surface area (Å²) < 4.78 is 6.58. The van der Waals surface area contributed by atoms with Crippen LogP contribution in [0.3, 0.4) is 0 Å². The first-order valence-corrected chi connectivity index (χ1v) is 7.08. The molecule has 0 saturated carbocycles. The van der Waals surface area contributed by atoms with Crippen LogP contribution < -0.4 is 10.5 Å². The third-order valence-electron chi connectivity index (χ3n) is 2.91. The van der Waals surface area contributed by atoms with Crippen LogP contribution in [0, 0.1) is 13.8 Å². The van der Waals surface area contributed by atoms with Gasteiger partial charge in [0, 0.05) is 5.02 Å². The summed E-state index contributed by atoms with van der Waals surface area (Å²) in [6.07, 6.45) is 0. The van der Waals surface area contributed by atoms with Crippen molar-refractivity contribution >= 4 is 33.2 Å². The minimum atomic E-state index is 0.484. The molecule has 2 N–H and O–H groups in total. The van der Waals surface area contributed by atoms with Crippen LogP contribution in [0.25, 0.3) is 0 Å². The Kier molecular flexibility index (Phi) is 4.38. The summed E-state index contributed by atoms with van der Waals surface area (Å²) >= 11 is 9.33. The fourth-order valence-corrected chi connectivity index (χ4v) is 2.79. The highest BCUT2D eigenvalue weighted by molar-refractivity contribution is 9.10. The third-order valence-corrected chi connectivity index (χ3v) is 3.72. The molecule has 100 valence electrons. The van der Waals surface area contributed by atoms with Crippen molar-refractivity contribution in [3.63, 3.8) is 0 Å². The highest BCUT2D eigenvalue weighted by Gasteiger charge is 2.09. The lowest BCUT2D eigenvalue weighted by Gasteiger charge is -2.13. The van der Waals surface area contributed by atoms with Crippen LogP contribution in [0.15, 0.2) is 34.8 Å². The van der Waals surface area contributed by atoms with E-state index < -0.39 is 0 Å². The topological polar surface area (TPSA) is 35.2 Å². The number of aryl methyl sites for hydroxylation is 2. The summed E-state index contributed by atoms with van der Waals surface area (Å²) in [4.78, 5) is 0. The molecule has 19 heavy (non-hydrogen) atoms. The third kappa shape index (κ3) is 3.43. The first kappa shape index (κ1) is 14.2. The number of ether oxygens (including phenoxy) is 1. The predicted molar refractivity (Wildman–Crippen MR) is 83.8 cm³/mol. The smallest absolute Gasteiger partial charge is 0.156 e. The van der Waals surface area contributed by atoms with Crippen molar-refractivity contribution in [2.24, 2.45) is 0 Å². The van der Waals surface area contributed by atoms with Gasteiger partial charge in [-0.3, -0.25) is 0 Å². The highest BCUT2D eigenvalue weighted by Crippen LogP contribution is 2.35. The van der Waals surface area contributed by atoms with E-state index in [-0.39, 0.29) is 0 Å². The monoisotopic (exact) mass is 339 g/mol. The average Bonchev–Trinajstić information content (AvgIpc) is 2.32. The maximum absolute atomic E-state index is 5.92. The van der Waals surface area contributed by atoms with Gasteiger partial charge in [-0.2, -0.15) is 0 Å². The molecule has 4 heteroatoms. The quantitative estimate of drug-likeness (QED) is 0.808. The van der Waals surface area contributed by atoms with Gasteiger partial charge < -0.3 is 10.5 Å². The van der Waals surface area contributed by atoms with Gasteiger partial charge in [0.15, 0.2) is 5.75 Å². The lowest BCUT2D eigenvalue weighted by molar-refractivity contribution is 0.305.